The Labute approximate surface area is 111 Å². The number of aromatic nitrogens is 2. The van der Waals surface area contributed by atoms with Crippen molar-refractivity contribution in [1.29, 1.82) is 0 Å². The predicted molar refractivity (Wildman–Crippen MR) is 72.7 cm³/mol. The first kappa shape index (κ1) is 11.8. The highest BCUT2D eigenvalue weighted by atomic mass is 16.6. The van der Waals surface area contributed by atoms with Crippen molar-refractivity contribution in [2.45, 2.75) is 6.92 Å². The van der Waals surface area contributed by atoms with Gasteiger partial charge in [-0.05, 0) is 25.1 Å². The zero-order chi connectivity index (χ0) is 13.2. The first-order valence-corrected chi connectivity index (χ1v) is 6.19. The van der Waals surface area contributed by atoms with Crippen LogP contribution in [-0.4, -0.2) is 30.2 Å². The standard InChI is InChI=1S/C14H15N3O2/c1-9-13(16-8-17-14(9)15-2)10-3-4-11-12(7-10)19-6-5-18-11/h3-4,7-8H,5-6H2,1-2H3,(H,15,16,17). The van der Waals surface area contributed by atoms with Crippen LogP contribution in [0.2, 0.25) is 0 Å². The maximum absolute atomic E-state index is 5.60. The van der Waals surface area contributed by atoms with Gasteiger partial charge in [0.05, 0.1) is 5.69 Å². The Morgan fingerprint density at radius 3 is 2.68 bits per heavy atom. The summed E-state index contributed by atoms with van der Waals surface area (Å²) in [5.74, 6) is 2.39. The van der Waals surface area contributed by atoms with Crippen LogP contribution in [-0.2, 0) is 0 Å². The maximum atomic E-state index is 5.60. The highest BCUT2D eigenvalue weighted by Crippen LogP contribution is 2.35. The van der Waals surface area contributed by atoms with Crippen molar-refractivity contribution in [3.63, 3.8) is 0 Å². The van der Waals surface area contributed by atoms with Gasteiger partial charge in [-0.2, -0.15) is 0 Å². The molecule has 1 aromatic carbocycles. The number of ether oxygens (including phenoxy) is 2. The number of benzene rings is 1. The van der Waals surface area contributed by atoms with Crippen molar-refractivity contribution in [2.75, 3.05) is 25.6 Å². The van der Waals surface area contributed by atoms with Crippen LogP contribution in [0.3, 0.4) is 0 Å². The summed E-state index contributed by atoms with van der Waals surface area (Å²) in [5, 5.41) is 3.06. The van der Waals surface area contributed by atoms with Crippen LogP contribution in [0.1, 0.15) is 5.56 Å². The Kier molecular flexibility index (Phi) is 2.95. The molecule has 2 aromatic rings. The minimum atomic E-state index is 0.584. The number of anilines is 1. The van der Waals surface area contributed by atoms with E-state index in [4.69, 9.17) is 9.47 Å². The van der Waals surface area contributed by atoms with Gasteiger partial charge in [-0.1, -0.05) is 0 Å². The summed E-state index contributed by atoms with van der Waals surface area (Å²) in [6, 6.07) is 5.87. The Balaban J connectivity index is 2.07. The minimum absolute atomic E-state index is 0.584. The van der Waals surface area contributed by atoms with Gasteiger partial charge < -0.3 is 14.8 Å². The largest absolute Gasteiger partial charge is 0.486 e. The lowest BCUT2D eigenvalue weighted by Crippen LogP contribution is -2.15. The Morgan fingerprint density at radius 2 is 1.89 bits per heavy atom. The van der Waals surface area contributed by atoms with Crippen molar-refractivity contribution >= 4 is 5.82 Å². The second-order valence-electron chi connectivity index (χ2n) is 4.30. The van der Waals surface area contributed by atoms with E-state index in [0.717, 1.165) is 34.1 Å². The zero-order valence-corrected chi connectivity index (χ0v) is 10.9. The molecule has 5 heteroatoms. The molecule has 0 aliphatic carbocycles. The van der Waals surface area contributed by atoms with Crippen molar-refractivity contribution < 1.29 is 9.47 Å². The summed E-state index contributed by atoms with van der Waals surface area (Å²) in [6.45, 7) is 3.18. The SMILES string of the molecule is CNc1ncnc(-c2ccc3c(c2)OCCO3)c1C. The summed E-state index contributed by atoms with van der Waals surface area (Å²) in [5.41, 5.74) is 2.92. The molecule has 19 heavy (non-hydrogen) atoms. The van der Waals surface area contributed by atoms with Crippen LogP contribution in [0.25, 0.3) is 11.3 Å². The predicted octanol–water partition coefficient (Wildman–Crippen LogP) is 2.26. The van der Waals surface area contributed by atoms with E-state index in [2.05, 4.69) is 15.3 Å². The van der Waals surface area contributed by atoms with Crippen molar-refractivity contribution in [2.24, 2.45) is 0 Å². The van der Waals surface area contributed by atoms with Gasteiger partial charge >= 0.3 is 0 Å². The third-order valence-electron chi connectivity index (χ3n) is 3.14. The summed E-state index contributed by atoms with van der Waals surface area (Å²) >= 11 is 0. The average molecular weight is 257 g/mol. The van der Waals surface area contributed by atoms with Crippen molar-refractivity contribution in [1.82, 2.24) is 9.97 Å². The molecule has 1 aliphatic heterocycles. The maximum Gasteiger partial charge on any atom is 0.162 e. The molecule has 0 fully saturated rings. The van der Waals surface area contributed by atoms with Crippen LogP contribution >= 0.6 is 0 Å². The molecule has 1 aromatic heterocycles. The second kappa shape index (κ2) is 4.76. The fraction of sp³-hybridized carbons (Fsp3) is 0.286. The molecule has 1 aliphatic rings. The fourth-order valence-electron chi connectivity index (χ4n) is 2.18. The van der Waals surface area contributed by atoms with E-state index in [-0.39, 0.29) is 0 Å². The third kappa shape index (κ3) is 2.07. The number of fused-ring (bicyclic) bond motifs is 1. The molecule has 0 saturated heterocycles. The molecule has 3 rings (SSSR count). The van der Waals surface area contributed by atoms with E-state index in [1.54, 1.807) is 6.33 Å². The smallest absolute Gasteiger partial charge is 0.162 e. The topological polar surface area (TPSA) is 56.3 Å². The van der Waals surface area contributed by atoms with Gasteiger partial charge in [-0.25, -0.2) is 9.97 Å². The van der Waals surface area contributed by atoms with Gasteiger partial charge in [-0.15, -0.1) is 0 Å². The van der Waals surface area contributed by atoms with E-state index >= 15 is 0 Å². The van der Waals surface area contributed by atoms with E-state index in [9.17, 15) is 0 Å². The first-order valence-electron chi connectivity index (χ1n) is 6.19. The first-order chi connectivity index (χ1) is 9.29. The number of rotatable bonds is 2. The average Bonchev–Trinajstić information content (AvgIpc) is 2.47. The molecule has 1 N–H and O–H groups in total. The van der Waals surface area contributed by atoms with Crippen molar-refractivity contribution in [3.05, 3.63) is 30.1 Å². The molecule has 98 valence electrons. The number of nitrogens with one attached hydrogen (secondary N) is 1. The molecular weight excluding hydrogens is 242 g/mol. The molecular formula is C14H15N3O2. The highest BCUT2D eigenvalue weighted by molar-refractivity contribution is 5.70. The van der Waals surface area contributed by atoms with Crippen LogP contribution in [0.4, 0.5) is 5.82 Å². The molecule has 0 spiro atoms. The van der Waals surface area contributed by atoms with Crippen LogP contribution in [0, 0.1) is 6.92 Å². The monoisotopic (exact) mass is 257 g/mol. The second-order valence-corrected chi connectivity index (χ2v) is 4.30. The molecule has 0 unspecified atom stereocenters. The van der Waals surface area contributed by atoms with Gasteiger partial charge in [0.15, 0.2) is 11.5 Å². The van der Waals surface area contributed by atoms with Gasteiger partial charge in [0.25, 0.3) is 0 Å². The van der Waals surface area contributed by atoms with Crippen molar-refractivity contribution in [3.8, 4) is 22.8 Å². The van der Waals surface area contributed by atoms with Gasteiger partial charge in [0.1, 0.15) is 25.4 Å². The van der Waals surface area contributed by atoms with E-state index in [1.807, 2.05) is 32.2 Å². The molecule has 0 radical (unpaired) electrons. The van der Waals surface area contributed by atoms with Crippen LogP contribution in [0.15, 0.2) is 24.5 Å². The lowest BCUT2D eigenvalue weighted by atomic mass is 10.1. The zero-order valence-electron chi connectivity index (χ0n) is 10.9. The minimum Gasteiger partial charge on any atom is -0.486 e. The lowest BCUT2D eigenvalue weighted by Gasteiger charge is -2.19. The molecule has 5 nitrogen and oxygen atoms in total. The normalized spacial score (nSPS) is 13.2. The van der Waals surface area contributed by atoms with Crippen LogP contribution < -0.4 is 14.8 Å². The van der Waals surface area contributed by atoms with E-state index in [0.29, 0.717) is 13.2 Å². The van der Waals surface area contributed by atoms with E-state index < -0.39 is 0 Å². The Bertz CT molecular complexity index is 614. The Morgan fingerprint density at radius 1 is 1.11 bits per heavy atom. The molecule has 2 heterocycles. The highest BCUT2D eigenvalue weighted by Gasteiger charge is 2.14. The number of hydrogen-bond donors (Lipinski definition) is 1. The van der Waals surface area contributed by atoms with E-state index in [1.165, 1.54) is 0 Å². The number of hydrogen-bond acceptors (Lipinski definition) is 5. The summed E-state index contributed by atoms with van der Waals surface area (Å²) in [7, 11) is 1.85. The van der Waals surface area contributed by atoms with Gasteiger partial charge in [-0.3, -0.25) is 0 Å². The lowest BCUT2D eigenvalue weighted by molar-refractivity contribution is 0.171. The summed E-state index contributed by atoms with van der Waals surface area (Å²) in [4.78, 5) is 8.55. The molecule has 0 amide bonds. The Hall–Kier alpha value is -2.30. The molecule has 0 atom stereocenters. The molecule has 0 bridgehead atoms. The third-order valence-corrected chi connectivity index (χ3v) is 3.14. The quantitative estimate of drug-likeness (QED) is 0.894. The van der Waals surface area contributed by atoms with Crippen LogP contribution in [0.5, 0.6) is 11.5 Å². The summed E-state index contributed by atoms with van der Waals surface area (Å²) < 4.78 is 11.1. The fourth-order valence-corrected chi connectivity index (χ4v) is 2.18. The van der Waals surface area contributed by atoms with Gasteiger partial charge in [0.2, 0.25) is 0 Å². The molecule has 0 saturated carbocycles. The summed E-state index contributed by atoms with van der Waals surface area (Å²) in [6.07, 6.45) is 1.56. The number of nitrogens with zero attached hydrogens (tertiary/aromatic N) is 2. The van der Waals surface area contributed by atoms with Gasteiger partial charge in [0, 0.05) is 18.2 Å².